The molecule has 1 aliphatic rings. The second kappa shape index (κ2) is 2.80. The van der Waals surface area contributed by atoms with Crippen molar-refractivity contribution >= 4 is 0 Å². The van der Waals surface area contributed by atoms with E-state index in [1.54, 1.807) is 6.08 Å². The molecule has 0 unspecified atom stereocenters. The zero-order valence-electron chi connectivity index (χ0n) is 7.32. The largest absolute Gasteiger partial charge is 0.235 e. The summed E-state index contributed by atoms with van der Waals surface area (Å²) in [6, 6.07) is 0. The van der Waals surface area contributed by atoms with Crippen LogP contribution in [-0.4, -0.2) is 0 Å². The van der Waals surface area contributed by atoms with Gasteiger partial charge in [0.25, 0.3) is 0 Å². The van der Waals surface area contributed by atoms with Gasteiger partial charge in [0.2, 0.25) is 0 Å². The highest BCUT2D eigenvalue weighted by Crippen LogP contribution is 2.34. The molecule has 1 rings (SSSR count). The fourth-order valence-corrected chi connectivity index (χ4v) is 1.08. The predicted molar refractivity (Wildman–Crippen MR) is 45.6 cm³/mol. The van der Waals surface area contributed by atoms with Gasteiger partial charge in [-0.25, -0.2) is 4.39 Å². The van der Waals surface area contributed by atoms with E-state index in [0.29, 0.717) is 6.42 Å². The van der Waals surface area contributed by atoms with Crippen molar-refractivity contribution in [1.29, 1.82) is 0 Å². The third kappa shape index (κ3) is 2.18. The summed E-state index contributed by atoms with van der Waals surface area (Å²) in [6.45, 7) is 6.31. The van der Waals surface area contributed by atoms with Crippen LogP contribution in [-0.2, 0) is 0 Å². The zero-order chi connectivity index (χ0) is 8.48. The zero-order valence-corrected chi connectivity index (χ0v) is 7.32. The smallest absolute Gasteiger partial charge is 0.170 e. The Balaban J connectivity index is 2.75. The lowest BCUT2D eigenvalue weighted by atomic mass is 9.81. The van der Waals surface area contributed by atoms with Gasteiger partial charge in [-0.3, -0.25) is 0 Å². The van der Waals surface area contributed by atoms with Crippen molar-refractivity contribution in [2.45, 2.75) is 27.2 Å². The van der Waals surface area contributed by atoms with Crippen LogP contribution in [0.3, 0.4) is 0 Å². The summed E-state index contributed by atoms with van der Waals surface area (Å²) in [5.41, 5.74) is 1.26. The van der Waals surface area contributed by atoms with Crippen LogP contribution < -0.4 is 0 Å². The van der Waals surface area contributed by atoms with Gasteiger partial charge in [-0.2, -0.15) is 0 Å². The van der Waals surface area contributed by atoms with Gasteiger partial charge < -0.3 is 0 Å². The normalized spacial score (nSPS) is 20.2. The summed E-state index contributed by atoms with van der Waals surface area (Å²) in [6.07, 6.45) is 5.76. The van der Waals surface area contributed by atoms with Gasteiger partial charge in [0.05, 0.1) is 0 Å². The van der Waals surface area contributed by atoms with Crippen LogP contribution in [0.25, 0.3) is 0 Å². The average molecular weight is 153 g/mol. The van der Waals surface area contributed by atoms with E-state index in [1.807, 2.05) is 6.08 Å². The molecular formula is C10H14F. The number of rotatable bonds is 0. The second-order valence-electron chi connectivity index (χ2n) is 3.92. The highest BCUT2D eigenvalue weighted by atomic mass is 19.1. The van der Waals surface area contributed by atoms with E-state index in [1.165, 1.54) is 6.08 Å². The van der Waals surface area contributed by atoms with Crippen molar-refractivity contribution in [2.24, 2.45) is 5.41 Å². The lowest BCUT2D eigenvalue weighted by Crippen LogP contribution is -2.12. The molecule has 61 valence electrons. The van der Waals surface area contributed by atoms with Crippen molar-refractivity contribution in [3.63, 3.8) is 0 Å². The van der Waals surface area contributed by atoms with Gasteiger partial charge >= 0.3 is 0 Å². The first-order valence-electron chi connectivity index (χ1n) is 3.89. The molecule has 0 aromatic carbocycles. The lowest BCUT2D eigenvalue weighted by molar-refractivity contribution is 0.442. The Morgan fingerprint density at radius 3 is 2.36 bits per heavy atom. The number of allylic oxidation sites excluding steroid dienone is 4. The maximum Gasteiger partial charge on any atom is 0.170 e. The van der Waals surface area contributed by atoms with Crippen LogP contribution in [0.2, 0.25) is 0 Å². The highest BCUT2D eigenvalue weighted by molar-refractivity contribution is 5.29. The highest BCUT2D eigenvalue weighted by Gasteiger charge is 2.21. The molecule has 0 saturated carbocycles. The molecule has 1 aliphatic carbocycles. The minimum Gasteiger partial charge on any atom is -0.235 e. The molecule has 0 amide bonds. The second-order valence-corrected chi connectivity index (χ2v) is 3.92. The Hall–Kier alpha value is -0.590. The number of hydrogen-bond acceptors (Lipinski definition) is 0. The molecule has 0 heterocycles. The van der Waals surface area contributed by atoms with E-state index in [4.69, 9.17) is 0 Å². The minimum absolute atomic E-state index is 0.0302. The molecule has 0 aromatic rings. The maximum absolute atomic E-state index is 12.8. The Morgan fingerprint density at radius 2 is 2.00 bits per heavy atom. The predicted octanol–water partition coefficient (Wildman–Crippen LogP) is 3.42. The molecule has 1 heteroatoms. The Bertz CT molecular complexity index is 193. The lowest BCUT2D eigenvalue weighted by Gasteiger charge is -2.24. The first kappa shape index (κ1) is 8.51. The molecule has 0 fully saturated rings. The van der Waals surface area contributed by atoms with Crippen molar-refractivity contribution in [2.75, 3.05) is 0 Å². The fourth-order valence-electron chi connectivity index (χ4n) is 1.08. The molecule has 0 saturated heterocycles. The first-order valence-corrected chi connectivity index (χ1v) is 3.89. The van der Waals surface area contributed by atoms with Gasteiger partial charge in [-0.05, 0) is 11.5 Å². The van der Waals surface area contributed by atoms with Gasteiger partial charge in [-0.1, -0.05) is 38.5 Å². The van der Waals surface area contributed by atoms with E-state index in [-0.39, 0.29) is 11.6 Å². The van der Waals surface area contributed by atoms with Crippen molar-refractivity contribution in [3.8, 4) is 0 Å². The topological polar surface area (TPSA) is 0 Å². The maximum atomic E-state index is 12.8. The van der Waals surface area contributed by atoms with Crippen molar-refractivity contribution in [1.82, 2.24) is 0 Å². The van der Waals surface area contributed by atoms with Crippen LogP contribution in [0.1, 0.15) is 27.2 Å². The molecule has 11 heavy (non-hydrogen) atoms. The van der Waals surface area contributed by atoms with Crippen molar-refractivity contribution in [3.05, 3.63) is 30.0 Å². The monoisotopic (exact) mass is 153 g/mol. The van der Waals surface area contributed by atoms with Crippen molar-refractivity contribution < 1.29 is 4.39 Å². The van der Waals surface area contributed by atoms with Crippen LogP contribution in [0.4, 0.5) is 4.39 Å². The Labute approximate surface area is 67.8 Å². The van der Waals surface area contributed by atoms with E-state index >= 15 is 0 Å². The number of halogens is 1. The van der Waals surface area contributed by atoms with E-state index in [2.05, 4.69) is 20.8 Å². The Kier molecular flexibility index (Phi) is 2.17. The van der Waals surface area contributed by atoms with E-state index < -0.39 is 0 Å². The van der Waals surface area contributed by atoms with E-state index in [0.717, 1.165) is 5.57 Å². The SMILES string of the molecule is CC(C)(C)C1=CC=C[C](F)C1. The minimum atomic E-state index is -0.0302. The summed E-state index contributed by atoms with van der Waals surface area (Å²) >= 11 is 0. The molecular weight excluding hydrogens is 139 g/mol. The van der Waals surface area contributed by atoms with Gasteiger partial charge in [0.15, 0.2) is 6.17 Å². The van der Waals surface area contributed by atoms with Crippen LogP contribution in [0.15, 0.2) is 23.8 Å². The molecule has 0 aromatic heterocycles. The third-order valence-corrected chi connectivity index (χ3v) is 1.90. The van der Waals surface area contributed by atoms with Gasteiger partial charge in [0, 0.05) is 6.42 Å². The first-order chi connectivity index (χ1) is 5.00. The van der Waals surface area contributed by atoms with E-state index in [9.17, 15) is 4.39 Å². The number of hydrogen-bond donors (Lipinski definition) is 0. The Morgan fingerprint density at radius 1 is 1.36 bits per heavy atom. The fraction of sp³-hybridized carbons (Fsp3) is 0.500. The molecule has 0 bridgehead atoms. The summed E-state index contributed by atoms with van der Waals surface area (Å²) < 4.78 is 12.8. The quantitative estimate of drug-likeness (QED) is 0.500. The third-order valence-electron chi connectivity index (χ3n) is 1.90. The standard InChI is InChI=1S/C10H14F/c1-10(2,3)8-5-4-6-9(11)7-8/h4-6H,7H2,1-3H3. The molecule has 0 N–H and O–H groups in total. The summed E-state index contributed by atoms with van der Waals surface area (Å²) in [7, 11) is 0. The van der Waals surface area contributed by atoms with Gasteiger partial charge in [0.1, 0.15) is 0 Å². The summed E-state index contributed by atoms with van der Waals surface area (Å²) in [4.78, 5) is 0. The molecule has 1 radical (unpaired) electrons. The van der Waals surface area contributed by atoms with Crippen LogP contribution in [0.5, 0.6) is 0 Å². The summed E-state index contributed by atoms with van der Waals surface area (Å²) in [5, 5.41) is 0. The molecule has 0 atom stereocenters. The molecule has 0 nitrogen and oxygen atoms in total. The summed E-state index contributed by atoms with van der Waals surface area (Å²) in [5.74, 6) is 0. The van der Waals surface area contributed by atoms with Crippen LogP contribution in [0, 0.1) is 11.6 Å². The van der Waals surface area contributed by atoms with Crippen LogP contribution >= 0.6 is 0 Å². The molecule has 0 aliphatic heterocycles. The average Bonchev–Trinajstić information content (AvgIpc) is 1.86. The molecule has 0 spiro atoms. The van der Waals surface area contributed by atoms with Gasteiger partial charge in [-0.15, -0.1) is 0 Å².